The SMILES string of the molecule is Cc1cc(C(F)(F)F)cc(C(F)(F)F)c1F. The van der Waals surface area contributed by atoms with Crippen LogP contribution in [-0.4, -0.2) is 0 Å². The normalized spacial score (nSPS) is 13.0. The maximum absolute atomic E-state index is 13.0. The molecule has 0 heterocycles. The maximum atomic E-state index is 13.0. The van der Waals surface area contributed by atoms with Gasteiger partial charge in [-0.2, -0.15) is 26.3 Å². The molecule has 0 amide bonds. The number of alkyl halides is 6. The number of hydrogen-bond acceptors (Lipinski definition) is 0. The lowest BCUT2D eigenvalue weighted by atomic mass is 10.0. The van der Waals surface area contributed by atoms with E-state index in [9.17, 15) is 30.7 Å². The predicted molar refractivity (Wildman–Crippen MR) is 41.1 cm³/mol. The van der Waals surface area contributed by atoms with E-state index in [0.717, 1.165) is 6.92 Å². The van der Waals surface area contributed by atoms with Crippen molar-refractivity contribution in [1.82, 2.24) is 0 Å². The molecule has 1 aromatic rings. The van der Waals surface area contributed by atoms with Gasteiger partial charge in [-0.3, -0.25) is 0 Å². The summed E-state index contributed by atoms with van der Waals surface area (Å²) in [5.41, 5.74) is -4.11. The lowest BCUT2D eigenvalue weighted by molar-refractivity contribution is -0.144. The van der Waals surface area contributed by atoms with Gasteiger partial charge in [-0.05, 0) is 24.6 Å². The van der Waals surface area contributed by atoms with Crippen LogP contribution in [0.15, 0.2) is 12.1 Å². The molecule has 7 heteroatoms. The minimum atomic E-state index is -5.14. The standard InChI is InChI=1S/C9H5F7/c1-4-2-5(8(11,12)13)3-6(7(4)10)9(14,15)16/h2-3H,1H3. The third kappa shape index (κ3) is 2.45. The third-order valence-electron chi connectivity index (χ3n) is 1.89. The van der Waals surface area contributed by atoms with Crippen LogP contribution in [0.5, 0.6) is 0 Å². The first-order valence-electron chi connectivity index (χ1n) is 3.98. The summed E-state index contributed by atoms with van der Waals surface area (Å²) < 4.78 is 86.1. The molecule has 0 aliphatic heterocycles. The topological polar surface area (TPSA) is 0 Å². The van der Waals surface area contributed by atoms with E-state index in [4.69, 9.17) is 0 Å². The molecule has 0 fully saturated rings. The molecule has 0 radical (unpaired) electrons. The maximum Gasteiger partial charge on any atom is 0.419 e. The summed E-state index contributed by atoms with van der Waals surface area (Å²) in [6.45, 7) is 0.847. The summed E-state index contributed by atoms with van der Waals surface area (Å²) >= 11 is 0. The summed E-state index contributed by atoms with van der Waals surface area (Å²) in [6, 6.07) is 0.104. The van der Waals surface area contributed by atoms with Gasteiger partial charge in [0, 0.05) is 0 Å². The van der Waals surface area contributed by atoms with Crippen LogP contribution in [0, 0.1) is 12.7 Å². The molecular formula is C9H5F7. The fraction of sp³-hybridized carbons (Fsp3) is 0.333. The molecule has 1 rings (SSSR count). The van der Waals surface area contributed by atoms with Crippen LogP contribution in [0.2, 0.25) is 0 Å². The highest BCUT2D eigenvalue weighted by atomic mass is 19.4. The number of aryl methyl sites for hydroxylation is 1. The van der Waals surface area contributed by atoms with Gasteiger partial charge in [0.25, 0.3) is 0 Å². The van der Waals surface area contributed by atoms with Crippen LogP contribution in [0.4, 0.5) is 30.7 Å². The van der Waals surface area contributed by atoms with Crippen LogP contribution in [0.1, 0.15) is 16.7 Å². The van der Waals surface area contributed by atoms with Crippen molar-refractivity contribution < 1.29 is 30.7 Å². The smallest absolute Gasteiger partial charge is 0.206 e. The second kappa shape index (κ2) is 3.64. The number of benzene rings is 1. The molecule has 0 spiro atoms. The first kappa shape index (κ1) is 12.8. The first-order chi connectivity index (χ1) is 7.03. The Balaban J connectivity index is 3.46. The van der Waals surface area contributed by atoms with Crippen molar-refractivity contribution in [2.24, 2.45) is 0 Å². The lowest BCUT2D eigenvalue weighted by Gasteiger charge is -2.13. The number of hydrogen-bond donors (Lipinski definition) is 0. The van der Waals surface area contributed by atoms with Crippen molar-refractivity contribution in [3.05, 3.63) is 34.6 Å². The molecule has 0 unspecified atom stereocenters. The fourth-order valence-electron chi connectivity index (χ4n) is 1.14. The fourth-order valence-corrected chi connectivity index (χ4v) is 1.14. The minimum Gasteiger partial charge on any atom is -0.206 e. The Morgan fingerprint density at radius 1 is 0.875 bits per heavy atom. The Kier molecular flexibility index (Phi) is 2.91. The van der Waals surface area contributed by atoms with Crippen LogP contribution >= 0.6 is 0 Å². The van der Waals surface area contributed by atoms with Crippen LogP contribution in [0.3, 0.4) is 0 Å². The minimum absolute atomic E-state index is 0.234. The van der Waals surface area contributed by atoms with Crippen molar-refractivity contribution in [3.63, 3.8) is 0 Å². The highest BCUT2D eigenvalue weighted by Crippen LogP contribution is 2.37. The molecule has 16 heavy (non-hydrogen) atoms. The number of rotatable bonds is 0. The van der Waals surface area contributed by atoms with Gasteiger partial charge in [0.1, 0.15) is 5.82 Å². The summed E-state index contributed by atoms with van der Waals surface area (Å²) in [4.78, 5) is 0. The summed E-state index contributed by atoms with van der Waals surface area (Å²) in [5.74, 6) is -1.68. The van der Waals surface area contributed by atoms with E-state index in [-0.39, 0.29) is 6.07 Å². The van der Waals surface area contributed by atoms with Crippen LogP contribution < -0.4 is 0 Å². The zero-order chi connectivity index (χ0) is 12.7. The molecule has 0 nitrogen and oxygen atoms in total. The van der Waals surface area contributed by atoms with Gasteiger partial charge in [0.05, 0.1) is 11.1 Å². The van der Waals surface area contributed by atoms with Gasteiger partial charge in [0.2, 0.25) is 0 Å². The molecule has 0 saturated carbocycles. The first-order valence-corrected chi connectivity index (χ1v) is 3.98. The van der Waals surface area contributed by atoms with Gasteiger partial charge in [0.15, 0.2) is 0 Å². The van der Waals surface area contributed by atoms with Crippen LogP contribution in [-0.2, 0) is 12.4 Å². The van der Waals surface area contributed by atoms with Gasteiger partial charge < -0.3 is 0 Å². The molecule has 0 N–H and O–H groups in total. The highest BCUT2D eigenvalue weighted by molar-refractivity contribution is 5.34. The molecular weight excluding hydrogens is 241 g/mol. The van der Waals surface area contributed by atoms with Gasteiger partial charge in [-0.25, -0.2) is 4.39 Å². The van der Waals surface area contributed by atoms with Crippen molar-refractivity contribution in [1.29, 1.82) is 0 Å². The Hall–Kier alpha value is -1.27. The average Bonchev–Trinajstić information content (AvgIpc) is 2.05. The third-order valence-corrected chi connectivity index (χ3v) is 1.89. The molecule has 0 aliphatic carbocycles. The van der Waals surface area contributed by atoms with Crippen molar-refractivity contribution in [2.75, 3.05) is 0 Å². The quantitative estimate of drug-likeness (QED) is 0.602. The van der Waals surface area contributed by atoms with Gasteiger partial charge in [-0.1, -0.05) is 0 Å². The largest absolute Gasteiger partial charge is 0.419 e. The summed E-state index contributed by atoms with van der Waals surface area (Å²) in [5, 5.41) is 0. The summed E-state index contributed by atoms with van der Waals surface area (Å²) in [7, 11) is 0. The zero-order valence-electron chi connectivity index (χ0n) is 7.80. The van der Waals surface area contributed by atoms with Crippen LogP contribution in [0.25, 0.3) is 0 Å². The molecule has 0 bridgehead atoms. The Morgan fingerprint density at radius 3 is 1.75 bits per heavy atom. The second-order valence-corrected chi connectivity index (χ2v) is 3.15. The Bertz CT molecular complexity index is 400. The van der Waals surface area contributed by atoms with E-state index in [1.54, 1.807) is 0 Å². The van der Waals surface area contributed by atoms with E-state index in [1.165, 1.54) is 0 Å². The van der Waals surface area contributed by atoms with E-state index in [0.29, 0.717) is 6.07 Å². The zero-order valence-corrected chi connectivity index (χ0v) is 7.80. The molecule has 1 aromatic carbocycles. The number of halogens is 7. The molecule has 0 aromatic heterocycles. The Labute approximate surface area is 85.7 Å². The second-order valence-electron chi connectivity index (χ2n) is 3.15. The molecule has 0 saturated heterocycles. The lowest BCUT2D eigenvalue weighted by Crippen LogP contribution is -2.14. The highest BCUT2D eigenvalue weighted by Gasteiger charge is 2.39. The molecule has 0 atom stereocenters. The van der Waals surface area contributed by atoms with Crippen molar-refractivity contribution >= 4 is 0 Å². The average molecular weight is 246 g/mol. The predicted octanol–water partition coefficient (Wildman–Crippen LogP) is 4.17. The van der Waals surface area contributed by atoms with E-state index < -0.39 is 34.9 Å². The van der Waals surface area contributed by atoms with Gasteiger partial charge >= 0.3 is 12.4 Å². The van der Waals surface area contributed by atoms with E-state index in [1.807, 2.05) is 0 Å². The molecule has 90 valence electrons. The van der Waals surface area contributed by atoms with E-state index in [2.05, 4.69) is 0 Å². The Morgan fingerprint density at radius 2 is 1.38 bits per heavy atom. The van der Waals surface area contributed by atoms with E-state index >= 15 is 0 Å². The van der Waals surface area contributed by atoms with Gasteiger partial charge in [-0.15, -0.1) is 0 Å². The summed E-state index contributed by atoms with van der Waals surface area (Å²) in [6.07, 6.45) is -10.1. The molecule has 0 aliphatic rings. The monoisotopic (exact) mass is 246 g/mol. The van der Waals surface area contributed by atoms with Crippen molar-refractivity contribution in [3.8, 4) is 0 Å². The van der Waals surface area contributed by atoms with Crippen molar-refractivity contribution in [2.45, 2.75) is 19.3 Å².